The fourth-order valence-electron chi connectivity index (χ4n) is 1.86. The molecular weight excluding hydrogens is 272 g/mol. The van der Waals surface area contributed by atoms with E-state index in [2.05, 4.69) is 5.32 Å². The van der Waals surface area contributed by atoms with E-state index in [1.165, 1.54) is 16.2 Å². The van der Waals surface area contributed by atoms with Crippen molar-refractivity contribution in [3.05, 3.63) is 22.4 Å². The predicted molar refractivity (Wildman–Crippen MR) is 66.8 cm³/mol. The van der Waals surface area contributed by atoms with E-state index in [4.69, 9.17) is 5.11 Å². The van der Waals surface area contributed by atoms with E-state index in [0.717, 1.165) is 0 Å². The topological polar surface area (TPSA) is 110 Å². The van der Waals surface area contributed by atoms with Crippen LogP contribution in [0.4, 0.5) is 4.79 Å². The van der Waals surface area contributed by atoms with Crippen LogP contribution >= 0.6 is 11.3 Å². The van der Waals surface area contributed by atoms with Crippen molar-refractivity contribution in [2.75, 3.05) is 13.1 Å². The van der Waals surface area contributed by atoms with Crippen LogP contribution in [0.15, 0.2) is 17.5 Å². The molecule has 3 atom stereocenters. The van der Waals surface area contributed by atoms with E-state index >= 15 is 0 Å². The molecule has 0 bridgehead atoms. The number of β-amino-alcohol motifs (C(OH)–C–C–N with tert-alkyl or cyclic N) is 2. The Bertz CT molecular complexity index is 454. The predicted octanol–water partition coefficient (Wildman–Crippen LogP) is -0.379. The number of rotatable bonds is 3. The molecule has 3 unspecified atom stereocenters. The lowest BCUT2D eigenvalue weighted by atomic mass is 10.2. The van der Waals surface area contributed by atoms with Gasteiger partial charge in [0, 0.05) is 4.88 Å². The van der Waals surface area contributed by atoms with Crippen molar-refractivity contribution in [3.63, 3.8) is 0 Å². The quantitative estimate of drug-likeness (QED) is 0.605. The summed E-state index contributed by atoms with van der Waals surface area (Å²) in [6.07, 6.45) is -1.98. The Balaban J connectivity index is 2.02. The molecule has 0 saturated carbocycles. The number of aliphatic hydroxyl groups is 2. The van der Waals surface area contributed by atoms with Crippen LogP contribution in [0.2, 0.25) is 0 Å². The summed E-state index contributed by atoms with van der Waals surface area (Å²) >= 11 is 1.23. The Morgan fingerprint density at radius 1 is 1.37 bits per heavy atom. The molecule has 1 aromatic rings. The summed E-state index contributed by atoms with van der Waals surface area (Å²) in [4.78, 5) is 24.7. The van der Waals surface area contributed by atoms with Gasteiger partial charge in [-0.3, -0.25) is 0 Å². The molecule has 2 rings (SSSR count). The maximum absolute atomic E-state index is 11.9. The number of carbonyl (C=O) groups excluding carboxylic acids is 1. The highest BCUT2D eigenvalue weighted by Crippen LogP contribution is 2.20. The zero-order valence-electron chi connectivity index (χ0n) is 9.89. The summed E-state index contributed by atoms with van der Waals surface area (Å²) in [6.45, 7) is -0.0203. The molecule has 1 aliphatic rings. The molecule has 8 heteroatoms. The van der Waals surface area contributed by atoms with Gasteiger partial charge in [0.05, 0.1) is 25.3 Å². The first kappa shape index (κ1) is 13.8. The second-order valence-corrected chi connectivity index (χ2v) is 5.26. The molecule has 4 N–H and O–H groups in total. The third kappa shape index (κ3) is 3.03. The molecular formula is C11H14N2O5S. The van der Waals surface area contributed by atoms with Crippen molar-refractivity contribution in [2.24, 2.45) is 0 Å². The lowest BCUT2D eigenvalue weighted by molar-refractivity contribution is -0.139. The summed E-state index contributed by atoms with van der Waals surface area (Å²) < 4.78 is 0. The third-order valence-electron chi connectivity index (χ3n) is 2.89. The number of hydrogen-bond acceptors (Lipinski definition) is 5. The Morgan fingerprint density at radius 2 is 2.00 bits per heavy atom. The van der Waals surface area contributed by atoms with Crippen LogP contribution in [0.3, 0.4) is 0 Å². The molecule has 1 aliphatic heterocycles. The van der Waals surface area contributed by atoms with Crippen molar-refractivity contribution in [3.8, 4) is 0 Å². The molecule has 2 heterocycles. The normalized spacial score (nSPS) is 24.2. The van der Waals surface area contributed by atoms with Gasteiger partial charge in [0.15, 0.2) is 6.04 Å². The first-order valence-electron chi connectivity index (χ1n) is 5.67. The van der Waals surface area contributed by atoms with Crippen molar-refractivity contribution < 1.29 is 24.9 Å². The molecule has 7 nitrogen and oxygen atoms in total. The number of hydrogen-bond donors (Lipinski definition) is 4. The molecule has 1 saturated heterocycles. The summed E-state index contributed by atoms with van der Waals surface area (Å²) in [5, 5.41) is 31.9. The van der Waals surface area contributed by atoms with E-state index < -0.39 is 30.3 Å². The standard InChI is InChI=1S/C11H14N2O5S/c14-6-4-13(5-7(6)15)11(18)12-9(10(16)17)8-2-1-3-19-8/h1-3,6-7,9,14-15H,4-5H2,(H,12,18)(H,16,17). The van der Waals surface area contributed by atoms with Crippen molar-refractivity contribution in [1.82, 2.24) is 10.2 Å². The van der Waals surface area contributed by atoms with Gasteiger partial charge in [-0.2, -0.15) is 0 Å². The van der Waals surface area contributed by atoms with Crippen molar-refractivity contribution in [2.45, 2.75) is 18.2 Å². The van der Waals surface area contributed by atoms with Gasteiger partial charge in [-0.1, -0.05) is 6.07 Å². The van der Waals surface area contributed by atoms with E-state index in [0.29, 0.717) is 4.88 Å². The van der Waals surface area contributed by atoms with Gasteiger partial charge in [-0.15, -0.1) is 11.3 Å². The third-order valence-corrected chi connectivity index (χ3v) is 3.83. The number of amides is 2. The number of carboxylic acids is 1. The lowest BCUT2D eigenvalue weighted by Gasteiger charge is -2.19. The Hall–Kier alpha value is -1.64. The number of urea groups is 1. The summed E-state index contributed by atoms with van der Waals surface area (Å²) in [6, 6.07) is 1.59. The molecule has 0 radical (unpaired) electrons. The van der Waals surface area contributed by atoms with Gasteiger partial charge in [0.1, 0.15) is 0 Å². The maximum Gasteiger partial charge on any atom is 0.331 e. The monoisotopic (exact) mass is 286 g/mol. The molecule has 104 valence electrons. The fourth-order valence-corrected chi connectivity index (χ4v) is 2.63. The van der Waals surface area contributed by atoms with E-state index in [9.17, 15) is 19.8 Å². The largest absolute Gasteiger partial charge is 0.479 e. The molecule has 0 aromatic carbocycles. The second-order valence-electron chi connectivity index (χ2n) is 4.28. The second kappa shape index (κ2) is 5.55. The van der Waals surface area contributed by atoms with Crippen molar-refractivity contribution in [1.29, 1.82) is 0 Å². The minimum atomic E-state index is -1.16. The number of aliphatic carboxylic acids is 1. The van der Waals surface area contributed by atoms with Crippen LogP contribution in [0.1, 0.15) is 10.9 Å². The molecule has 2 amide bonds. The Kier molecular flexibility index (Phi) is 4.03. The van der Waals surface area contributed by atoms with Crippen LogP contribution in [0.25, 0.3) is 0 Å². The zero-order chi connectivity index (χ0) is 14.0. The highest BCUT2D eigenvalue weighted by atomic mass is 32.1. The van der Waals surface area contributed by atoms with Gasteiger partial charge in [0.25, 0.3) is 0 Å². The first-order valence-corrected chi connectivity index (χ1v) is 6.54. The zero-order valence-corrected chi connectivity index (χ0v) is 10.7. The number of likely N-dealkylation sites (tertiary alicyclic amines) is 1. The first-order chi connectivity index (χ1) is 8.99. The molecule has 1 fully saturated rings. The Morgan fingerprint density at radius 3 is 2.47 bits per heavy atom. The minimum Gasteiger partial charge on any atom is -0.479 e. The number of nitrogens with one attached hydrogen (secondary N) is 1. The van der Waals surface area contributed by atoms with Crippen LogP contribution in [0, 0.1) is 0 Å². The minimum absolute atomic E-state index is 0.0101. The van der Waals surface area contributed by atoms with Gasteiger partial charge in [0.2, 0.25) is 0 Å². The molecule has 1 aromatic heterocycles. The summed E-state index contributed by atoms with van der Waals surface area (Å²) in [5.74, 6) is -1.16. The summed E-state index contributed by atoms with van der Waals surface area (Å²) in [5.41, 5.74) is 0. The average molecular weight is 286 g/mol. The van der Waals surface area contributed by atoms with E-state index in [1.807, 2.05) is 0 Å². The number of carbonyl (C=O) groups is 2. The van der Waals surface area contributed by atoms with Gasteiger partial charge in [-0.05, 0) is 11.4 Å². The summed E-state index contributed by atoms with van der Waals surface area (Å²) in [7, 11) is 0. The highest BCUT2D eigenvalue weighted by Gasteiger charge is 2.34. The number of nitrogens with zero attached hydrogens (tertiary/aromatic N) is 1. The van der Waals surface area contributed by atoms with Gasteiger partial charge >= 0.3 is 12.0 Å². The average Bonchev–Trinajstić information content (AvgIpc) is 2.97. The van der Waals surface area contributed by atoms with Crippen molar-refractivity contribution >= 4 is 23.3 Å². The smallest absolute Gasteiger partial charge is 0.331 e. The van der Waals surface area contributed by atoms with E-state index in [-0.39, 0.29) is 13.1 Å². The molecule has 0 spiro atoms. The van der Waals surface area contributed by atoms with Gasteiger partial charge < -0.3 is 25.5 Å². The SMILES string of the molecule is O=C(O)C(NC(=O)N1CC(O)C(O)C1)c1cccs1. The van der Waals surface area contributed by atoms with Crippen LogP contribution in [-0.4, -0.2) is 57.5 Å². The van der Waals surface area contributed by atoms with Gasteiger partial charge in [-0.25, -0.2) is 9.59 Å². The number of aliphatic hydroxyl groups excluding tert-OH is 2. The van der Waals surface area contributed by atoms with E-state index in [1.54, 1.807) is 17.5 Å². The fraction of sp³-hybridized carbons (Fsp3) is 0.455. The van der Waals surface area contributed by atoms with Crippen LogP contribution < -0.4 is 5.32 Å². The van der Waals surface area contributed by atoms with Crippen LogP contribution in [0.5, 0.6) is 0 Å². The lowest BCUT2D eigenvalue weighted by Crippen LogP contribution is -2.43. The number of carboxylic acid groups (broad SMARTS) is 1. The van der Waals surface area contributed by atoms with Crippen LogP contribution in [-0.2, 0) is 4.79 Å². The Labute approximate surface area is 113 Å². The molecule has 19 heavy (non-hydrogen) atoms. The number of thiophene rings is 1. The highest BCUT2D eigenvalue weighted by molar-refractivity contribution is 7.10. The molecule has 0 aliphatic carbocycles. The maximum atomic E-state index is 11.9.